The van der Waals surface area contributed by atoms with Gasteiger partial charge in [0.2, 0.25) is 0 Å². The summed E-state index contributed by atoms with van der Waals surface area (Å²) in [5, 5.41) is 0.871. The highest BCUT2D eigenvalue weighted by molar-refractivity contribution is 6.20. The normalized spacial score (nSPS) is 15.2. The minimum atomic E-state index is -0.371. The van der Waals surface area contributed by atoms with Gasteiger partial charge >= 0.3 is 0 Å². The first-order valence-electron chi connectivity index (χ1n) is 6.01. The van der Waals surface area contributed by atoms with E-state index in [4.69, 9.17) is 4.84 Å². The largest absolute Gasteiger partial charge is 0.285 e. The minimum absolute atomic E-state index is 0.110. The van der Waals surface area contributed by atoms with Crippen molar-refractivity contribution >= 4 is 11.8 Å². The van der Waals surface area contributed by atoms with Gasteiger partial charge in [-0.3, -0.25) is 14.4 Å². The molecular formula is C14H17NO3. The maximum absolute atomic E-state index is 11.9. The van der Waals surface area contributed by atoms with Gasteiger partial charge in [-0.2, -0.15) is 0 Å². The van der Waals surface area contributed by atoms with Gasteiger partial charge < -0.3 is 0 Å². The number of carbonyl (C=O) groups is 2. The van der Waals surface area contributed by atoms with Crippen molar-refractivity contribution in [2.24, 2.45) is 5.41 Å². The van der Waals surface area contributed by atoms with Gasteiger partial charge in [0.25, 0.3) is 11.8 Å². The zero-order chi connectivity index (χ0) is 13.3. The summed E-state index contributed by atoms with van der Waals surface area (Å²) in [5.74, 6) is -0.742. The van der Waals surface area contributed by atoms with Gasteiger partial charge in [0.1, 0.15) is 0 Å². The lowest BCUT2D eigenvalue weighted by Crippen LogP contribution is -2.31. The molecule has 0 atom stereocenters. The summed E-state index contributed by atoms with van der Waals surface area (Å²) in [6.45, 7) is 6.60. The summed E-state index contributed by atoms with van der Waals surface area (Å²) in [6.07, 6.45) is 0.778. The fourth-order valence-electron chi connectivity index (χ4n) is 1.73. The highest BCUT2D eigenvalue weighted by Gasteiger charge is 2.36. The summed E-state index contributed by atoms with van der Waals surface area (Å²) in [7, 11) is 0. The molecule has 0 saturated carbocycles. The smallest absolute Gasteiger partial charge is 0.266 e. The number of hydrogen-bond acceptors (Lipinski definition) is 3. The van der Waals surface area contributed by atoms with Crippen LogP contribution in [0.3, 0.4) is 0 Å². The zero-order valence-electron chi connectivity index (χ0n) is 10.9. The molecule has 0 N–H and O–H groups in total. The van der Waals surface area contributed by atoms with Crippen molar-refractivity contribution in [3.05, 3.63) is 35.4 Å². The van der Waals surface area contributed by atoms with E-state index in [9.17, 15) is 9.59 Å². The van der Waals surface area contributed by atoms with Crippen LogP contribution >= 0.6 is 0 Å². The zero-order valence-corrected chi connectivity index (χ0v) is 10.9. The quantitative estimate of drug-likeness (QED) is 0.771. The van der Waals surface area contributed by atoms with Gasteiger partial charge in [-0.15, -0.1) is 5.06 Å². The number of nitrogens with zero attached hydrogens (tertiary/aromatic N) is 1. The van der Waals surface area contributed by atoms with E-state index in [-0.39, 0.29) is 17.2 Å². The Balaban J connectivity index is 2.05. The predicted molar refractivity (Wildman–Crippen MR) is 67.0 cm³/mol. The maximum Gasteiger partial charge on any atom is 0.285 e. The van der Waals surface area contributed by atoms with E-state index >= 15 is 0 Å². The van der Waals surface area contributed by atoms with Crippen molar-refractivity contribution in [1.29, 1.82) is 0 Å². The second kappa shape index (κ2) is 4.53. The molecule has 1 aromatic carbocycles. The van der Waals surface area contributed by atoms with Crippen LogP contribution in [0.25, 0.3) is 0 Å². The van der Waals surface area contributed by atoms with Crippen LogP contribution in [0.2, 0.25) is 0 Å². The van der Waals surface area contributed by atoms with Gasteiger partial charge in [-0.1, -0.05) is 32.9 Å². The second-order valence-electron chi connectivity index (χ2n) is 5.59. The molecule has 0 unspecified atom stereocenters. The van der Waals surface area contributed by atoms with Crippen LogP contribution in [0.15, 0.2) is 24.3 Å². The Morgan fingerprint density at radius 1 is 1.06 bits per heavy atom. The number of fused-ring (bicyclic) bond motifs is 1. The number of rotatable bonds is 3. The summed E-state index contributed by atoms with van der Waals surface area (Å²) >= 11 is 0. The minimum Gasteiger partial charge on any atom is -0.266 e. The van der Waals surface area contributed by atoms with Crippen molar-refractivity contribution in [3.63, 3.8) is 0 Å². The van der Waals surface area contributed by atoms with E-state index < -0.39 is 0 Å². The Morgan fingerprint density at radius 3 is 2.00 bits per heavy atom. The maximum atomic E-state index is 11.9. The van der Waals surface area contributed by atoms with Gasteiger partial charge in [0, 0.05) is 0 Å². The lowest BCUT2D eigenvalue weighted by Gasteiger charge is -2.20. The third-order valence-electron chi connectivity index (χ3n) is 2.83. The standard InChI is InChI=1S/C14H17NO3/c1-14(2,3)8-9-18-15-12(16)10-6-4-5-7-11(10)13(15)17/h4-7H,8-9H2,1-3H3. The van der Waals surface area contributed by atoms with E-state index in [1.165, 1.54) is 0 Å². The Bertz CT molecular complexity index is 453. The molecule has 0 bridgehead atoms. The van der Waals surface area contributed by atoms with Crippen LogP contribution in [-0.2, 0) is 4.84 Å². The first-order valence-corrected chi connectivity index (χ1v) is 6.01. The molecule has 1 aliphatic rings. The third kappa shape index (κ3) is 2.43. The number of imide groups is 1. The predicted octanol–water partition coefficient (Wildman–Crippen LogP) is 2.65. The first-order chi connectivity index (χ1) is 8.40. The lowest BCUT2D eigenvalue weighted by atomic mass is 9.93. The van der Waals surface area contributed by atoms with Gasteiger partial charge in [0.05, 0.1) is 17.7 Å². The average molecular weight is 247 g/mol. The van der Waals surface area contributed by atoms with Crippen molar-refractivity contribution in [3.8, 4) is 0 Å². The molecule has 96 valence electrons. The molecule has 1 heterocycles. The molecule has 2 amide bonds. The summed E-state index contributed by atoms with van der Waals surface area (Å²) in [5.41, 5.74) is 0.940. The monoisotopic (exact) mass is 247 g/mol. The molecule has 1 aromatic rings. The molecule has 18 heavy (non-hydrogen) atoms. The molecule has 0 aromatic heterocycles. The van der Waals surface area contributed by atoms with Crippen LogP contribution in [0, 0.1) is 5.41 Å². The van der Waals surface area contributed by atoms with E-state index in [0.717, 1.165) is 11.5 Å². The molecular weight excluding hydrogens is 230 g/mol. The Morgan fingerprint density at radius 2 is 1.56 bits per heavy atom. The molecule has 4 heteroatoms. The van der Waals surface area contributed by atoms with Gasteiger partial charge in [-0.25, -0.2) is 0 Å². The molecule has 1 aliphatic heterocycles. The lowest BCUT2D eigenvalue weighted by molar-refractivity contribution is -0.0971. The fraction of sp³-hybridized carbons (Fsp3) is 0.429. The average Bonchev–Trinajstić information content (AvgIpc) is 2.53. The van der Waals surface area contributed by atoms with E-state index in [1.54, 1.807) is 24.3 Å². The highest BCUT2D eigenvalue weighted by Crippen LogP contribution is 2.24. The van der Waals surface area contributed by atoms with Crippen LogP contribution in [-0.4, -0.2) is 23.5 Å². The Kier molecular flexibility index (Phi) is 3.22. The van der Waals surface area contributed by atoms with Crippen LogP contribution < -0.4 is 0 Å². The number of hydroxylamine groups is 2. The van der Waals surface area contributed by atoms with E-state index in [2.05, 4.69) is 20.8 Å². The Hall–Kier alpha value is -1.68. The van der Waals surface area contributed by atoms with Crippen LogP contribution in [0.4, 0.5) is 0 Å². The molecule has 0 radical (unpaired) electrons. The second-order valence-corrected chi connectivity index (χ2v) is 5.59. The number of hydrogen-bond donors (Lipinski definition) is 0. The number of carbonyl (C=O) groups excluding carboxylic acids is 2. The van der Waals surface area contributed by atoms with E-state index in [0.29, 0.717) is 17.7 Å². The van der Waals surface area contributed by atoms with Gasteiger partial charge in [0.15, 0.2) is 0 Å². The molecule has 0 saturated heterocycles. The molecule has 0 spiro atoms. The molecule has 2 rings (SSSR count). The fourth-order valence-corrected chi connectivity index (χ4v) is 1.73. The number of amides is 2. The SMILES string of the molecule is CC(C)(C)CCON1C(=O)c2ccccc2C1=O. The van der Waals surface area contributed by atoms with E-state index in [1.807, 2.05) is 0 Å². The van der Waals surface area contributed by atoms with Crippen molar-refractivity contribution in [2.45, 2.75) is 27.2 Å². The highest BCUT2D eigenvalue weighted by atomic mass is 16.7. The van der Waals surface area contributed by atoms with Crippen LogP contribution in [0.5, 0.6) is 0 Å². The van der Waals surface area contributed by atoms with Crippen LogP contribution in [0.1, 0.15) is 47.9 Å². The topological polar surface area (TPSA) is 46.6 Å². The van der Waals surface area contributed by atoms with Crippen molar-refractivity contribution < 1.29 is 14.4 Å². The Labute approximate surface area is 106 Å². The van der Waals surface area contributed by atoms with Gasteiger partial charge in [-0.05, 0) is 24.0 Å². The summed E-state index contributed by atoms with van der Waals surface area (Å²) in [6, 6.07) is 6.76. The third-order valence-corrected chi connectivity index (χ3v) is 2.83. The molecule has 0 aliphatic carbocycles. The summed E-state index contributed by atoms with van der Waals surface area (Å²) in [4.78, 5) is 29.2. The molecule has 0 fully saturated rings. The molecule has 4 nitrogen and oxygen atoms in total. The number of benzene rings is 1. The van der Waals surface area contributed by atoms with Crippen molar-refractivity contribution in [1.82, 2.24) is 5.06 Å². The summed E-state index contributed by atoms with van der Waals surface area (Å²) < 4.78 is 0. The first kappa shape index (κ1) is 12.8. The van der Waals surface area contributed by atoms with Crippen molar-refractivity contribution in [2.75, 3.05) is 6.61 Å².